The molecule has 0 saturated carbocycles. The van der Waals surface area contributed by atoms with Gasteiger partial charge in [0.1, 0.15) is 0 Å². The van der Waals surface area contributed by atoms with Crippen molar-refractivity contribution < 1.29 is 0 Å². The number of hydrogen-bond acceptors (Lipinski definition) is 3. The van der Waals surface area contributed by atoms with E-state index in [0.717, 1.165) is 16.8 Å². The SMILES string of the molecule is C[C@@H](N=Cc1ccc(-c2ccncc2)cn1)c1ccccc1. The van der Waals surface area contributed by atoms with Gasteiger partial charge in [-0.1, -0.05) is 36.4 Å². The van der Waals surface area contributed by atoms with Crippen molar-refractivity contribution in [1.82, 2.24) is 9.97 Å². The highest BCUT2D eigenvalue weighted by molar-refractivity contribution is 5.78. The molecule has 0 fully saturated rings. The molecular weight excluding hydrogens is 270 g/mol. The second kappa shape index (κ2) is 6.76. The van der Waals surface area contributed by atoms with Crippen molar-refractivity contribution in [1.29, 1.82) is 0 Å². The van der Waals surface area contributed by atoms with Gasteiger partial charge >= 0.3 is 0 Å². The Balaban J connectivity index is 1.72. The van der Waals surface area contributed by atoms with E-state index >= 15 is 0 Å². The van der Waals surface area contributed by atoms with E-state index in [4.69, 9.17) is 0 Å². The molecule has 0 aliphatic rings. The topological polar surface area (TPSA) is 38.1 Å². The summed E-state index contributed by atoms with van der Waals surface area (Å²) >= 11 is 0. The Hall–Kier alpha value is -2.81. The maximum Gasteiger partial charge on any atom is 0.0808 e. The average molecular weight is 287 g/mol. The first kappa shape index (κ1) is 14.1. The van der Waals surface area contributed by atoms with Crippen LogP contribution in [0.5, 0.6) is 0 Å². The predicted molar refractivity (Wildman–Crippen MR) is 89.9 cm³/mol. The number of aromatic nitrogens is 2. The molecule has 2 aromatic heterocycles. The monoisotopic (exact) mass is 287 g/mol. The third-order valence-electron chi connectivity index (χ3n) is 3.51. The van der Waals surface area contributed by atoms with Gasteiger partial charge in [0.05, 0.1) is 11.7 Å². The minimum absolute atomic E-state index is 0.128. The Kier molecular flexibility index (Phi) is 4.35. The second-order valence-electron chi connectivity index (χ2n) is 5.07. The van der Waals surface area contributed by atoms with E-state index in [2.05, 4.69) is 40.1 Å². The van der Waals surface area contributed by atoms with Crippen molar-refractivity contribution in [3.63, 3.8) is 0 Å². The Morgan fingerprint density at radius 2 is 1.68 bits per heavy atom. The molecule has 0 bridgehead atoms. The van der Waals surface area contributed by atoms with Gasteiger partial charge in [0, 0.05) is 30.4 Å². The normalized spacial score (nSPS) is 12.4. The Morgan fingerprint density at radius 3 is 2.36 bits per heavy atom. The van der Waals surface area contributed by atoms with Crippen LogP contribution >= 0.6 is 0 Å². The molecular formula is C19H17N3. The fourth-order valence-electron chi connectivity index (χ4n) is 2.20. The van der Waals surface area contributed by atoms with Crippen LogP contribution in [-0.4, -0.2) is 16.2 Å². The minimum atomic E-state index is 0.128. The molecule has 3 heteroatoms. The first-order valence-electron chi connectivity index (χ1n) is 7.27. The van der Waals surface area contributed by atoms with Crippen molar-refractivity contribution >= 4 is 6.21 Å². The van der Waals surface area contributed by atoms with Crippen LogP contribution in [0.2, 0.25) is 0 Å². The fraction of sp³-hybridized carbons (Fsp3) is 0.105. The van der Waals surface area contributed by atoms with Crippen LogP contribution in [-0.2, 0) is 0 Å². The van der Waals surface area contributed by atoms with Gasteiger partial charge in [0.25, 0.3) is 0 Å². The van der Waals surface area contributed by atoms with Crippen molar-refractivity contribution in [2.24, 2.45) is 4.99 Å². The lowest BCUT2D eigenvalue weighted by atomic mass is 10.1. The Bertz CT molecular complexity index is 735. The van der Waals surface area contributed by atoms with Gasteiger partial charge in [-0.2, -0.15) is 0 Å². The van der Waals surface area contributed by atoms with Gasteiger partial charge in [-0.05, 0) is 36.2 Å². The molecule has 3 rings (SSSR count). The molecule has 0 saturated heterocycles. The van der Waals surface area contributed by atoms with Gasteiger partial charge < -0.3 is 0 Å². The number of hydrogen-bond donors (Lipinski definition) is 0. The molecule has 3 nitrogen and oxygen atoms in total. The molecule has 0 N–H and O–H groups in total. The lowest BCUT2D eigenvalue weighted by Gasteiger charge is -2.05. The summed E-state index contributed by atoms with van der Waals surface area (Å²) < 4.78 is 0. The van der Waals surface area contributed by atoms with Crippen molar-refractivity contribution in [3.05, 3.63) is 84.4 Å². The summed E-state index contributed by atoms with van der Waals surface area (Å²) in [4.78, 5) is 13.0. The van der Waals surface area contributed by atoms with Crippen LogP contribution in [0.3, 0.4) is 0 Å². The first-order valence-corrected chi connectivity index (χ1v) is 7.27. The summed E-state index contributed by atoms with van der Waals surface area (Å²) in [6, 6.07) is 18.4. The highest BCUT2D eigenvalue weighted by atomic mass is 14.8. The molecule has 0 radical (unpaired) electrons. The van der Waals surface area contributed by atoms with Crippen molar-refractivity contribution in [2.75, 3.05) is 0 Å². The summed E-state index contributed by atoms with van der Waals surface area (Å²) in [5.41, 5.74) is 4.26. The number of benzene rings is 1. The molecule has 2 heterocycles. The molecule has 1 atom stereocenters. The van der Waals surface area contributed by atoms with E-state index in [9.17, 15) is 0 Å². The van der Waals surface area contributed by atoms with E-state index in [-0.39, 0.29) is 6.04 Å². The van der Waals surface area contributed by atoms with E-state index in [0.29, 0.717) is 0 Å². The standard InChI is InChI=1S/C19H17N3/c1-15(16-5-3-2-4-6-16)21-14-19-8-7-18(13-22-19)17-9-11-20-12-10-17/h2-15H,1H3/t15-/m1/s1. The smallest absolute Gasteiger partial charge is 0.0808 e. The van der Waals surface area contributed by atoms with E-state index in [1.54, 1.807) is 12.4 Å². The number of aliphatic imine (C=N–C) groups is 1. The minimum Gasteiger partial charge on any atom is -0.283 e. The number of rotatable bonds is 4. The van der Waals surface area contributed by atoms with E-state index in [1.165, 1.54) is 5.56 Å². The maximum atomic E-state index is 4.57. The van der Waals surface area contributed by atoms with Gasteiger partial charge in [-0.25, -0.2) is 0 Å². The maximum absolute atomic E-state index is 4.57. The van der Waals surface area contributed by atoms with Crippen LogP contribution in [0, 0.1) is 0 Å². The van der Waals surface area contributed by atoms with Gasteiger partial charge in [-0.15, -0.1) is 0 Å². The highest BCUT2D eigenvalue weighted by Crippen LogP contribution is 2.18. The van der Waals surface area contributed by atoms with E-state index < -0.39 is 0 Å². The third-order valence-corrected chi connectivity index (χ3v) is 3.51. The van der Waals surface area contributed by atoms with Crippen LogP contribution in [0.4, 0.5) is 0 Å². The van der Waals surface area contributed by atoms with Gasteiger partial charge in [-0.3, -0.25) is 15.0 Å². The zero-order valence-electron chi connectivity index (χ0n) is 12.4. The molecule has 1 aromatic carbocycles. The van der Waals surface area contributed by atoms with Crippen molar-refractivity contribution in [2.45, 2.75) is 13.0 Å². The van der Waals surface area contributed by atoms with Gasteiger partial charge in [0.2, 0.25) is 0 Å². The molecule has 22 heavy (non-hydrogen) atoms. The molecule has 0 aliphatic carbocycles. The lowest BCUT2D eigenvalue weighted by molar-refractivity contribution is 0.824. The first-order chi connectivity index (χ1) is 10.8. The van der Waals surface area contributed by atoms with Crippen LogP contribution in [0.15, 0.2) is 78.2 Å². The summed E-state index contributed by atoms with van der Waals surface area (Å²) in [6.45, 7) is 2.08. The number of pyridine rings is 2. The van der Waals surface area contributed by atoms with Crippen LogP contribution in [0.1, 0.15) is 24.2 Å². The molecule has 0 unspecified atom stereocenters. The highest BCUT2D eigenvalue weighted by Gasteiger charge is 2.01. The molecule has 3 aromatic rings. The van der Waals surface area contributed by atoms with Crippen LogP contribution in [0.25, 0.3) is 11.1 Å². The summed E-state index contributed by atoms with van der Waals surface area (Å²) in [6.07, 6.45) is 7.26. The lowest BCUT2D eigenvalue weighted by Crippen LogP contribution is -1.93. The summed E-state index contributed by atoms with van der Waals surface area (Å²) in [5, 5.41) is 0. The van der Waals surface area contributed by atoms with Gasteiger partial charge in [0.15, 0.2) is 0 Å². The van der Waals surface area contributed by atoms with E-state index in [1.807, 2.05) is 48.8 Å². The quantitative estimate of drug-likeness (QED) is 0.670. The zero-order chi connectivity index (χ0) is 15.2. The predicted octanol–water partition coefficient (Wildman–Crippen LogP) is 4.32. The average Bonchev–Trinajstić information content (AvgIpc) is 2.61. The van der Waals surface area contributed by atoms with Crippen molar-refractivity contribution in [3.8, 4) is 11.1 Å². The Morgan fingerprint density at radius 1 is 0.909 bits per heavy atom. The molecule has 0 spiro atoms. The largest absolute Gasteiger partial charge is 0.283 e. The fourth-order valence-corrected chi connectivity index (χ4v) is 2.20. The third kappa shape index (κ3) is 3.44. The second-order valence-corrected chi connectivity index (χ2v) is 5.07. The molecule has 108 valence electrons. The summed E-state index contributed by atoms with van der Waals surface area (Å²) in [5.74, 6) is 0. The van der Waals surface area contributed by atoms with Crippen LogP contribution < -0.4 is 0 Å². The summed E-state index contributed by atoms with van der Waals surface area (Å²) in [7, 11) is 0. The number of nitrogens with zero attached hydrogens (tertiary/aromatic N) is 3. The molecule has 0 aliphatic heterocycles. The molecule has 0 amide bonds. The zero-order valence-corrected chi connectivity index (χ0v) is 12.4. The Labute approximate surface area is 130 Å².